The van der Waals surface area contributed by atoms with Crippen molar-refractivity contribution >= 4 is 11.6 Å². The summed E-state index contributed by atoms with van der Waals surface area (Å²) in [6.45, 7) is 0.427. The molecule has 0 saturated heterocycles. The Balaban J connectivity index is 3.08. The molecule has 0 spiro atoms. The van der Waals surface area contributed by atoms with E-state index in [0.717, 1.165) is 6.07 Å². The first-order valence-electron chi connectivity index (χ1n) is 3.43. The van der Waals surface area contributed by atoms with Crippen LogP contribution in [0, 0.1) is 11.6 Å². The van der Waals surface area contributed by atoms with Crippen LogP contribution in [0.15, 0.2) is 12.1 Å². The van der Waals surface area contributed by atoms with Gasteiger partial charge in [0.2, 0.25) is 0 Å². The lowest BCUT2D eigenvalue weighted by Gasteiger charge is -2.03. The number of halogens is 3. The van der Waals surface area contributed by atoms with Crippen LogP contribution in [0.5, 0.6) is 0 Å². The van der Waals surface area contributed by atoms with Crippen LogP contribution in [-0.4, -0.2) is 7.05 Å². The summed E-state index contributed by atoms with van der Waals surface area (Å²) in [6, 6.07) is 2.52. The minimum absolute atomic E-state index is 0.149. The van der Waals surface area contributed by atoms with Crippen LogP contribution in [0.3, 0.4) is 0 Å². The van der Waals surface area contributed by atoms with E-state index in [2.05, 4.69) is 5.32 Å². The van der Waals surface area contributed by atoms with Gasteiger partial charge in [0, 0.05) is 6.54 Å². The van der Waals surface area contributed by atoms with E-state index in [1.807, 2.05) is 0 Å². The molecule has 0 radical (unpaired) electrons. The second-order valence-corrected chi connectivity index (χ2v) is 2.74. The zero-order chi connectivity index (χ0) is 9.14. The molecule has 0 amide bonds. The molecule has 0 heterocycles. The molecule has 0 aliphatic carbocycles. The molecule has 4 heteroatoms. The van der Waals surface area contributed by atoms with Gasteiger partial charge in [0.05, 0.1) is 5.02 Å². The van der Waals surface area contributed by atoms with Gasteiger partial charge in [-0.3, -0.25) is 0 Å². The molecular formula is C8H8ClF2N. The van der Waals surface area contributed by atoms with Crippen molar-refractivity contribution in [3.63, 3.8) is 0 Å². The van der Waals surface area contributed by atoms with Crippen molar-refractivity contribution < 1.29 is 8.78 Å². The molecule has 0 unspecified atom stereocenters. The quantitative estimate of drug-likeness (QED) is 0.708. The molecule has 0 aliphatic rings. The molecule has 0 aliphatic heterocycles. The van der Waals surface area contributed by atoms with Crippen LogP contribution < -0.4 is 5.32 Å². The highest BCUT2D eigenvalue weighted by Gasteiger charge is 2.09. The van der Waals surface area contributed by atoms with E-state index in [1.54, 1.807) is 7.05 Å². The highest BCUT2D eigenvalue weighted by molar-refractivity contribution is 6.31. The number of rotatable bonds is 2. The first kappa shape index (κ1) is 9.42. The van der Waals surface area contributed by atoms with Crippen LogP contribution in [0.1, 0.15) is 5.56 Å². The van der Waals surface area contributed by atoms with Crippen LogP contribution >= 0.6 is 11.6 Å². The average Bonchev–Trinajstić information content (AvgIpc) is 2.07. The maximum atomic E-state index is 12.8. The molecule has 1 nitrogen and oxygen atoms in total. The standard InChI is InChI=1S/C8H8ClF2N/c1-12-4-5-2-3-6(10)8(11)7(5)9/h2-3,12H,4H2,1H3. The summed E-state index contributed by atoms with van der Waals surface area (Å²) in [4.78, 5) is 0. The average molecular weight is 192 g/mol. The first-order chi connectivity index (χ1) is 5.66. The Hall–Kier alpha value is -0.670. The van der Waals surface area contributed by atoms with Crippen LogP contribution in [0.25, 0.3) is 0 Å². The van der Waals surface area contributed by atoms with Crippen molar-refractivity contribution in [2.24, 2.45) is 0 Å². The van der Waals surface area contributed by atoms with Gasteiger partial charge >= 0.3 is 0 Å². The minimum Gasteiger partial charge on any atom is -0.316 e. The third kappa shape index (κ3) is 1.73. The summed E-state index contributed by atoms with van der Waals surface area (Å²) in [5, 5.41) is 2.65. The van der Waals surface area contributed by atoms with Crippen molar-refractivity contribution in [2.75, 3.05) is 7.05 Å². The van der Waals surface area contributed by atoms with E-state index < -0.39 is 11.6 Å². The van der Waals surface area contributed by atoms with Gasteiger partial charge in [-0.2, -0.15) is 0 Å². The Kier molecular flexibility index (Phi) is 3.00. The molecule has 0 saturated carbocycles. The van der Waals surface area contributed by atoms with Crippen molar-refractivity contribution in [1.29, 1.82) is 0 Å². The van der Waals surface area contributed by atoms with Crippen molar-refractivity contribution in [3.05, 3.63) is 34.4 Å². The van der Waals surface area contributed by atoms with Crippen molar-refractivity contribution in [1.82, 2.24) is 5.32 Å². The zero-order valence-electron chi connectivity index (χ0n) is 6.50. The molecule has 0 aromatic heterocycles. The van der Waals surface area contributed by atoms with E-state index in [-0.39, 0.29) is 5.02 Å². The Morgan fingerprint density at radius 1 is 1.42 bits per heavy atom. The fourth-order valence-electron chi connectivity index (χ4n) is 0.893. The van der Waals surface area contributed by atoms with Gasteiger partial charge in [0.15, 0.2) is 11.6 Å². The Morgan fingerprint density at radius 2 is 2.08 bits per heavy atom. The van der Waals surface area contributed by atoms with E-state index >= 15 is 0 Å². The summed E-state index contributed by atoms with van der Waals surface area (Å²) >= 11 is 5.52. The predicted molar refractivity (Wildman–Crippen MR) is 44.1 cm³/mol. The summed E-state index contributed by atoms with van der Waals surface area (Å²) in [7, 11) is 1.71. The Bertz CT molecular complexity index is 289. The molecule has 0 bridgehead atoms. The first-order valence-corrected chi connectivity index (χ1v) is 3.81. The summed E-state index contributed by atoms with van der Waals surface area (Å²) in [5.41, 5.74) is 0.554. The summed E-state index contributed by atoms with van der Waals surface area (Å²) in [6.07, 6.45) is 0. The normalized spacial score (nSPS) is 10.3. The molecule has 12 heavy (non-hydrogen) atoms. The number of benzene rings is 1. The molecule has 1 N–H and O–H groups in total. The maximum Gasteiger partial charge on any atom is 0.177 e. The monoisotopic (exact) mass is 191 g/mol. The van der Waals surface area contributed by atoms with Crippen molar-refractivity contribution in [3.8, 4) is 0 Å². The number of hydrogen-bond acceptors (Lipinski definition) is 1. The summed E-state index contributed by atoms with van der Waals surface area (Å²) in [5.74, 6) is -1.90. The lowest BCUT2D eigenvalue weighted by Crippen LogP contribution is -2.06. The molecule has 1 rings (SSSR count). The predicted octanol–water partition coefficient (Wildman–Crippen LogP) is 2.34. The van der Waals surface area contributed by atoms with Crippen LogP contribution in [0.4, 0.5) is 8.78 Å². The third-order valence-corrected chi connectivity index (χ3v) is 1.89. The Labute approximate surface area is 74.3 Å². The van der Waals surface area contributed by atoms with Crippen LogP contribution in [0.2, 0.25) is 5.02 Å². The Morgan fingerprint density at radius 3 is 2.67 bits per heavy atom. The van der Waals surface area contributed by atoms with Crippen molar-refractivity contribution in [2.45, 2.75) is 6.54 Å². The lowest BCUT2D eigenvalue weighted by atomic mass is 10.2. The fourth-order valence-corrected chi connectivity index (χ4v) is 1.11. The lowest BCUT2D eigenvalue weighted by molar-refractivity contribution is 0.507. The van der Waals surface area contributed by atoms with Gasteiger partial charge in [0.1, 0.15) is 0 Å². The molecule has 0 fully saturated rings. The van der Waals surface area contributed by atoms with Gasteiger partial charge in [0.25, 0.3) is 0 Å². The second kappa shape index (κ2) is 3.83. The van der Waals surface area contributed by atoms with E-state index in [9.17, 15) is 8.78 Å². The van der Waals surface area contributed by atoms with Gasteiger partial charge in [-0.15, -0.1) is 0 Å². The molecular weight excluding hydrogens is 184 g/mol. The highest BCUT2D eigenvalue weighted by atomic mass is 35.5. The van der Waals surface area contributed by atoms with Gasteiger partial charge in [-0.05, 0) is 18.7 Å². The molecule has 1 aromatic rings. The summed E-state index contributed by atoms with van der Waals surface area (Å²) < 4.78 is 25.3. The third-order valence-electron chi connectivity index (χ3n) is 1.48. The molecule has 0 atom stereocenters. The van der Waals surface area contributed by atoms with E-state index in [1.165, 1.54) is 6.07 Å². The second-order valence-electron chi connectivity index (χ2n) is 2.36. The molecule has 66 valence electrons. The maximum absolute atomic E-state index is 12.8. The number of hydrogen-bond donors (Lipinski definition) is 1. The van der Waals surface area contributed by atoms with Gasteiger partial charge < -0.3 is 5.32 Å². The smallest absolute Gasteiger partial charge is 0.177 e. The minimum atomic E-state index is -0.982. The molecule has 1 aromatic carbocycles. The van der Waals surface area contributed by atoms with Crippen LogP contribution in [-0.2, 0) is 6.54 Å². The van der Waals surface area contributed by atoms with E-state index in [0.29, 0.717) is 12.1 Å². The van der Waals surface area contributed by atoms with Gasteiger partial charge in [-0.25, -0.2) is 8.78 Å². The highest BCUT2D eigenvalue weighted by Crippen LogP contribution is 2.21. The topological polar surface area (TPSA) is 12.0 Å². The SMILES string of the molecule is CNCc1ccc(F)c(F)c1Cl. The van der Waals surface area contributed by atoms with Gasteiger partial charge in [-0.1, -0.05) is 17.7 Å². The largest absolute Gasteiger partial charge is 0.316 e. The zero-order valence-corrected chi connectivity index (χ0v) is 7.25. The fraction of sp³-hybridized carbons (Fsp3) is 0.250. The number of nitrogens with one attached hydrogen (secondary N) is 1. The van der Waals surface area contributed by atoms with E-state index in [4.69, 9.17) is 11.6 Å².